The summed E-state index contributed by atoms with van der Waals surface area (Å²) in [6, 6.07) is 6.17. The van der Waals surface area contributed by atoms with Crippen LogP contribution in [0.5, 0.6) is 0 Å². The smallest absolute Gasteiger partial charge is 0.246 e. The van der Waals surface area contributed by atoms with E-state index in [0.717, 1.165) is 10.8 Å². The summed E-state index contributed by atoms with van der Waals surface area (Å²) in [6.45, 7) is 0.289. The zero-order valence-corrected chi connectivity index (χ0v) is 15.6. The highest BCUT2D eigenvalue weighted by Crippen LogP contribution is 2.95. The molecule has 4 aliphatic carbocycles. The van der Waals surface area contributed by atoms with E-state index in [1.54, 1.807) is 22.1 Å². The number of hydrogen-bond acceptors (Lipinski definition) is 7. The van der Waals surface area contributed by atoms with Crippen molar-refractivity contribution in [2.45, 2.75) is 30.0 Å². The highest BCUT2D eigenvalue weighted by atomic mass is 35.5. The molecule has 28 heavy (non-hydrogen) atoms. The zero-order chi connectivity index (χ0) is 18.8. The van der Waals surface area contributed by atoms with E-state index in [4.69, 9.17) is 16.1 Å². The van der Waals surface area contributed by atoms with E-state index in [1.165, 1.54) is 11.1 Å². The molecule has 0 spiro atoms. The molecule has 5 aliphatic rings. The number of aliphatic imine (C=N–C) groups is 1. The average Bonchev–Trinajstić information content (AvgIpc) is 3.17. The summed E-state index contributed by atoms with van der Waals surface area (Å²) in [6.07, 6.45) is 2.35. The highest BCUT2D eigenvalue weighted by Gasteiger charge is 2.93. The van der Waals surface area contributed by atoms with Crippen LogP contribution in [-0.2, 0) is 19.0 Å². The number of halogens is 1. The van der Waals surface area contributed by atoms with Crippen molar-refractivity contribution in [1.29, 1.82) is 0 Å². The SMILES string of the molecule is Cn1cnc2c1C(O)N(Cc1nc([C@]34C5[C@H]3c3ccc(Cl)cc3[C@@H]54)no1)C=N2. The van der Waals surface area contributed by atoms with Gasteiger partial charge in [-0.05, 0) is 29.2 Å². The zero-order valence-electron chi connectivity index (χ0n) is 14.8. The molecule has 8 rings (SSSR count). The van der Waals surface area contributed by atoms with Gasteiger partial charge >= 0.3 is 0 Å². The quantitative estimate of drug-likeness (QED) is 0.733. The number of hydrogen-bond donors (Lipinski definition) is 1. The van der Waals surface area contributed by atoms with Crippen LogP contribution in [0.4, 0.5) is 5.82 Å². The first-order valence-corrected chi connectivity index (χ1v) is 9.60. The predicted molar refractivity (Wildman–Crippen MR) is 98.3 cm³/mol. The number of aromatic nitrogens is 4. The van der Waals surface area contributed by atoms with Gasteiger partial charge in [-0.25, -0.2) is 9.98 Å². The van der Waals surface area contributed by atoms with Gasteiger partial charge in [-0.1, -0.05) is 22.8 Å². The van der Waals surface area contributed by atoms with Gasteiger partial charge in [0, 0.05) is 23.9 Å². The highest BCUT2D eigenvalue weighted by molar-refractivity contribution is 6.30. The van der Waals surface area contributed by atoms with E-state index in [0.29, 0.717) is 35.2 Å². The lowest BCUT2D eigenvalue weighted by molar-refractivity contribution is 0.0375. The van der Waals surface area contributed by atoms with Gasteiger partial charge in [0.2, 0.25) is 5.89 Å². The second-order valence-corrected chi connectivity index (χ2v) is 8.49. The number of aliphatic hydroxyl groups is 1. The first-order chi connectivity index (χ1) is 13.6. The van der Waals surface area contributed by atoms with Crippen LogP contribution in [0.25, 0.3) is 0 Å². The van der Waals surface area contributed by atoms with Gasteiger partial charge in [-0.3, -0.25) is 0 Å². The fraction of sp³-hybridized carbons (Fsp3) is 0.368. The fourth-order valence-electron chi connectivity index (χ4n) is 5.52. The van der Waals surface area contributed by atoms with Gasteiger partial charge in [0.15, 0.2) is 17.9 Å². The third-order valence-electron chi connectivity index (χ3n) is 6.82. The Labute approximate surface area is 164 Å². The molecule has 0 radical (unpaired) electrons. The van der Waals surface area contributed by atoms with Crippen molar-refractivity contribution < 1.29 is 9.63 Å². The first kappa shape index (κ1) is 15.2. The van der Waals surface area contributed by atoms with Crippen LogP contribution < -0.4 is 0 Å². The van der Waals surface area contributed by atoms with Crippen LogP contribution >= 0.6 is 11.6 Å². The van der Waals surface area contributed by atoms with E-state index >= 15 is 0 Å². The van der Waals surface area contributed by atoms with Gasteiger partial charge in [0.25, 0.3) is 0 Å². The minimum Gasteiger partial charge on any atom is -0.368 e. The molecule has 2 fully saturated rings. The van der Waals surface area contributed by atoms with Crippen molar-refractivity contribution in [3.8, 4) is 0 Å². The maximum atomic E-state index is 10.6. The molecule has 140 valence electrons. The van der Waals surface area contributed by atoms with Crippen molar-refractivity contribution in [2.75, 3.05) is 0 Å². The van der Waals surface area contributed by atoms with Gasteiger partial charge in [-0.15, -0.1) is 0 Å². The van der Waals surface area contributed by atoms with Crippen molar-refractivity contribution in [3.63, 3.8) is 0 Å². The van der Waals surface area contributed by atoms with Crippen LogP contribution in [0.1, 0.15) is 46.6 Å². The second-order valence-electron chi connectivity index (χ2n) is 8.05. The third-order valence-corrected chi connectivity index (χ3v) is 7.06. The van der Waals surface area contributed by atoms with E-state index in [-0.39, 0.29) is 12.0 Å². The molecule has 2 bridgehead atoms. The van der Waals surface area contributed by atoms with E-state index < -0.39 is 6.23 Å². The topological polar surface area (TPSA) is 92.6 Å². The Kier molecular flexibility index (Phi) is 2.53. The molecule has 1 aliphatic heterocycles. The number of fused-ring (bicyclic) bond motifs is 1. The number of nitrogens with zero attached hydrogens (tertiary/aromatic N) is 6. The molecule has 1 aromatic carbocycles. The molecular weight excluding hydrogens is 380 g/mol. The summed E-state index contributed by atoms with van der Waals surface area (Å²) in [5, 5.41) is 15.7. The van der Waals surface area contributed by atoms with Crippen molar-refractivity contribution in [2.24, 2.45) is 18.0 Å². The summed E-state index contributed by atoms with van der Waals surface area (Å²) in [7, 11) is 1.83. The van der Waals surface area contributed by atoms with E-state index in [2.05, 4.69) is 32.2 Å². The van der Waals surface area contributed by atoms with E-state index in [1.807, 2.05) is 13.1 Å². The molecule has 2 saturated carbocycles. The molecular formula is C19H15ClN6O2. The molecule has 9 heteroatoms. The Balaban J connectivity index is 1.15. The summed E-state index contributed by atoms with van der Waals surface area (Å²) < 4.78 is 7.30. The molecule has 0 saturated heterocycles. The molecule has 1 N–H and O–H groups in total. The lowest BCUT2D eigenvalue weighted by atomic mass is 10.0. The second kappa shape index (κ2) is 4.64. The number of aliphatic hydroxyl groups excluding tert-OH is 1. The molecule has 3 aromatic rings. The van der Waals surface area contributed by atoms with Crippen LogP contribution in [0, 0.1) is 5.92 Å². The minimum atomic E-state index is -0.856. The van der Waals surface area contributed by atoms with Gasteiger partial charge in [0.05, 0.1) is 18.1 Å². The molecule has 3 heterocycles. The van der Waals surface area contributed by atoms with Crippen molar-refractivity contribution in [3.05, 3.63) is 58.1 Å². The Morgan fingerprint density at radius 2 is 2.14 bits per heavy atom. The summed E-state index contributed by atoms with van der Waals surface area (Å²) in [4.78, 5) is 14.8. The Hall–Kier alpha value is -2.71. The maximum Gasteiger partial charge on any atom is 0.246 e. The Morgan fingerprint density at radius 1 is 1.29 bits per heavy atom. The minimum absolute atomic E-state index is 0.0125. The Bertz CT molecular complexity index is 1200. The van der Waals surface area contributed by atoms with Gasteiger partial charge < -0.3 is 19.1 Å². The van der Waals surface area contributed by atoms with Crippen molar-refractivity contribution >= 4 is 23.8 Å². The van der Waals surface area contributed by atoms with Crippen LogP contribution in [0.15, 0.2) is 34.0 Å². The van der Waals surface area contributed by atoms with Crippen LogP contribution in [0.3, 0.4) is 0 Å². The molecule has 0 amide bonds. The van der Waals surface area contributed by atoms with Crippen LogP contribution in [0.2, 0.25) is 5.02 Å². The summed E-state index contributed by atoms with van der Waals surface area (Å²) in [5.41, 5.74) is 3.39. The number of imidazole rings is 1. The predicted octanol–water partition coefficient (Wildman–Crippen LogP) is 2.39. The average molecular weight is 395 g/mol. The summed E-state index contributed by atoms with van der Waals surface area (Å²) in [5.74, 6) is 3.33. The molecule has 5 atom stereocenters. The summed E-state index contributed by atoms with van der Waals surface area (Å²) >= 11 is 6.18. The van der Waals surface area contributed by atoms with E-state index in [9.17, 15) is 5.11 Å². The number of aryl methyl sites for hydroxylation is 1. The lowest BCUT2D eigenvalue weighted by Crippen LogP contribution is -2.30. The lowest BCUT2D eigenvalue weighted by Gasteiger charge is -2.27. The molecule has 2 unspecified atom stereocenters. The van der Waals surface area contributed by atoms with Gasteiger partial charge in [0.1, 0.15) is 12.2 Å². The first-order valence-electron chi connectivity index (χ1n) is 9.22. The standard InChI is InChI=1S/C19H15ClN6O2/c1-25-6-21-16-15(25)17(27)26(7-22-16)5-11-23-18(24-28-11)19-12-9-3-2-8(20)4-10(9)13(19)14(12)19/h2-4,6-7,12-14,17,27H,5H2,1H3/t12-,13+,14?,17?,19-/m1/s1. The number of rotatable bonds is 3. The number of benzene rings is 1. The molecule has 2 aromatic heterocycles. The van der Waals surface area contributed by atoms with Crippen molar-refractivity contribution in [1.82, 2.24) is 24.6 Å². The normalized spacial score (nSPS) is 32.9. The Morgan fingerprint density at radius 3 is 3.04 bits per heavy atom. The fourth-order valence-corrected chi connectivity index (χ4v) is 5.70. The largest absolute Gasteiger partial charge is 0.368 e. The van der Waals surface area contributed by atoms with Gasteiger partial charge in [-0.2, -0.15) is 4.98 Å². The molecule has 8 nitrogen and oxygen atoms in total. The maximum absolute atomic E-state index is 10.6. The monoisotopic (exact) mass is 394 g/mol. The van der Waals surface area contributed by atoms with Crippen LogP contribution in [-0.4, -0.2) is 36.0 Å². The third kappa shape index (κ3) is 1.59.